The van der Waals surface area contributed by atoms with Crippen LogP contribution in [0.2, 0.25) is 0 Å². The van der Waals surface area contributed by atoms with Crippen molar-refractivity contribution in [3.05, 3.63) is 23.8 Å². The second-order valence-corrected chi connectivity index (χ2v) is 5.92. The van der Waals surface area contributed by atoms with E-state index in [4.69, 9.17) is 0 Å². The number of carbonyl (C=O) groups is 1. The van der Waals surface area contributed by atoms with Crippen LogP contribution in [-0.4, -0.2) is 22.4 Å². The van der Waals surface area contributed by atoms with Crippen molar-refractivity contribution in [1.29, 1.82) is 0 Å². The monoisotopic (exact) mass is 259 g/mol. The van der Waals surface area contributed by atoms with Gasteiger partial charge in [-0.15, -0.1) is 0 Å². The Morgan fingerprint density at radius 1 is 1.26 bits per heavy atom. The van der Waals surface area contributed by atoms with Crippen LogP contribution in [0.3, 0.4) is 0 Å². The Morgan fingerprint density at radius 3 is 2.84 bits per heavy atom. The van der Waals surface area contributed by atoms with Gasteiger partial charge in [0.1, 0.15) is 5.82 Å². The van der Waals surface area contributed by atoms with Crippen molar-refractivity contribution in [2.24, 2.45) is 17.8 Å². The number of amides is 1. The van der Waals surface area contributed by atoms with Crippen molar-refractivity contribution < 1.29 is 4.79 Å². The third kappa shape index (κ3) is 2.62. The number of hydrogen-bond donors (Lipinski definition) is 1. The molecule has 1 heterocycles. The number of carbonyl (C=O) groups excluding carboxylic acids is 1. The van der Waals surface area contributed by atoms with Gasteiger partial charge >= 0.3 is 0 Å². The topological polar surface area (TPSA) is 54.9 Å². The molecule has 1 amide bonds. The van der Waals surface area contributed by atoms with Crippen LogP contribution in [0, 0.1) is 24.7 Å². The number of aromatic nitrogens is 2. The van der Waals surface area contributed by atoms with Crippen molar-refractivity contribution >= 4 is 5.91 Å². The second-order valence-electron chi connectivity index (χ2n) is 5.92. The Kier molecular flexibility index (Phi) is 3.49. The summed E-state index contributed by atoms with van der Waals surface area (Å²) < 4.78 is 0. The van der Waals surface area contributed by atoms with Crippen LogP contribution < -0.4 is 5.32 Å². The summed E-state index contributed by atoms with van der Waals surface area (Å²) in [6.07, 6.45) is 9.99. The van der Waals surface area contributed by atoms with E-state index in [0.29, 0.717) is 17.3 Å². The minimum absolute atomic E-state index is 0.0403. The zero-order chi connectivity index (χ0) is 13.2. The molecule has 0 unspecified atom stereocenters. The van der Waals surface area contributed by atoms with Crippen LogP contribution in [0.25, 0.3) is 0 Å². The van der Waals surface area contributed by atoms with Gasteiger partial charge in [-0.1, -0.05) is 12.8 Å². The lowest BCUT2D eigenvalue weighted by Gasteiger charge is -2.18. The number of nitrogens with one attached hydrogen (secondary N) is 1. The van der Waals surface area contributed by atoms with Gasteiger partial charge in [-0.05, 0) is 43.9 Å². The first-order chi connectivity index (χ1) is 9.24. The molecule has 2 aliphatic rings. The summed E-state index contributed by atoms with van der Waals surface area (Å²) in [5.74, 6) is 3.13. The number of aryl methyl sites for hydroxylation is 1. The highest BCUT2D eigenvalue weighted by Crippen LogP contribution is 2.47. The van der Waals surface area contributed by atoms with Gasteiger partial charge in [-0.3, -0.25) is 4.79 Å². The normalized spacial score (nSPS) is 29.2. The smallest absolute Gasteiger partial charge is 0.254 e. The van der Waals surface area contributed by atoms with Gasteiger partial charge in [0.25, 0.3) is 5.91 Å². The van der Waals surface area contributed by atoms with E-state index in [-0.39, 0.29) is 5.91 Å². The lowest BCUT2D eigenvalue weighted by Crippen LogP contribution is -2.31. The van der Waals surface area contributed by atoms with Crippen LogP contribution in [0.5, 0.6) is 0 Å². The molecule has 1 aromatic heterocycles. The molecular formula is C15H21N3O. The Bertz CT molecular complexity index is 457. The third-order valence-electron chi connectivity index (χ3n) is 4.80. The van der Waals surface area contributed by atoms with Crippen LogP contribution in [-0.2, 0) is 0 Å². The predicted octanol–water partition coefficient (Wildman–Crippen LogP) is 2.34. The van der Waals surface area contributed by atoms with E-state index in [9.17, 15) is 4.79 Å². The summed E-state index contributed by atoms with van der Waals surface area (Å²) in [6.45, 7) is 2.63. The fourth-order valence-corrected chi connectivity index (χ4v) is 3.78. The molecule has 3 rings (SSSR count). The summed E-state index contributed by atoms with van der Waals surface area (Å²) in [7, 11) is 0. The SMILES string of the molecule is Cc1ncc(C(=O)NC[C@H]2CC[C@@H]3CCC[C@@H]32)cn1. The van der Waals surface area contributed by atoms with E-state index in [1.54, 1.807) is 12.4 Å². The molecule has 2 aliphatic carbocycles. The summed E-state index contributed by atoms with van der Waals surface area (Å²) in [6, 6.07) is 0. The first-order valence-corrected chi connectivity index (χ1v) is 7.31. The molecule has 0 spiro atoms. The number of nitrogens with zero attached hydrogens (tertiary/aromatic N) is 2. The molecule has 0 aliphatic heterocycles. The first kappa shape index (κ1) is 12.6. The average Bonchev–Trinajstić information content (AvgIpc) is 3.00. The number of fused-ring (bicyclic) bond motifs is 1. The van der Waals surface area contributed by atoms with Crippen LogP contribution >= 0.6 is 0 Å². The highest BCUT2D eigenvalue weighted by atomic mass is 16.1. The van der Waals surface area contributed by atoms with E-state index < -0.39 is 0 Å². The van der Waals surface area contributed by atoms with Gasteiger partial charge in [-0.2, -0.15) is 0 Å². The van der Waals surface area contributed by atoms with Gasteiger partial charge in [0, 0.05) is 18.9 Å². The van der Waals surface area contributed by atoms with Crippen molar-refractivity contribution in [2.75, 3.05) is 6.54 Å². The van der Waals surface area contributed by atoms with E-state index in [2.05, 4.69) is 15.3 Å². The summed E-state index contributed by atoms with van der Waals surface area (Å²) >= 11 is 0. The van der Waals surface area contributed by atoms with Crippen LogP contribution in [0.4, 0.5) is 0 Å². The predicted molar refractivity (Wildman–Crippen MR) is 72.7 cm³/mol. The fourth-order valence-electron chi connectivity index (χ4n) is 3.78. The Hall–Kier alpha value is -1.45. The maximum atomic E-state index is 12.0. The van der Waals surface area contributed by atoms with E-state index >= 15 is 0 Å². The van der Waals surface area contributed by atoms with E-state index in [1.807, 2.05) is 6.92 Å². The maximum Gasteiger partial charge on any atom is 0.254 e. The van der Waals surface area contributed by atoms with Crippen molar-refractivity contribution in [2.45, 2.75) is 39.0 Å². The Morgan fingerprint density at radius 2 is 2.05 bits per heavy atom. The molecule has 0 aromatic carbocycles. The molecule has 1 aromatic rings. The highest BCUT2D eigenvalue weighted by Gasteiger charge is 2.38. The molecule has 2 saturated carbocycles. The van der Waals surface area contributed by atoms with Crippen molar-refractivity contribution in [1.82, 2.24) is 15.3 Å². The molecular weight excluding hydrogens is 238 g/mol. The highest BCUT2D eigenvalue weighted by molar-refractivity contribution is 5.93. The molecule has 4 nitrogen and oxygen atoms in total. The van der Waals surface area contributed by atoms with E-state index in [1.165, 1.54) is 32.1 Å². The first-order valence-electron chi connectivity index (χ1n) is 7.31. The zero-order valence-corrected chi connectivity index (χ0v) is 11.4. The van der Waals surface area contributed by atoms with E-state index in [0.717, 1.165) is 18.4 Å². The van der Waals surface area contributed by atoms with Crippen LogP contribution in [0.15, 0.2) is 12.4 Å². The van der Waals surface area contributed by atoms with Gasteiger partial charge in [0.05, 0.1) is 5.56 Å². The number of rotatable bonds is 3. The second kappa shape index (κ2) is 5.27. The molecule has 2 fully saturated rings. The van der Waals surface area contributed by atoms with Crippen molar-refractivity contribution in [3.63, 3.8) is 0 Å². The van der Waals surface area contributed by atoms with Crippen LogP contribution in [0.1, 0.15) is 48.3 Å². The lowest BCUT2D eigenvalue weighted by atomic mass is 9.92. The van der Waals surface area contributed by atoms with Gasteiger partial charge in [0.2, 0.25) is 0 Å². The molecule has 102 valence electrons. The minimum atomic E-state index is -0.0403. The third-order valence-corrected chi connectivity index (χ3v) is 4.80. The lowest BCUT2D eigenvalue weighted by molar-refractivity contribution is 0.0942. The minimum Gasteiger partial charge on any atom is -0.352 e. The summed E-state index contributed by atoms with van der Waals surface area (Å²) in [4.78, 5) is 20.1. The zero-order valence-electron chi connectivity index (χ0n) is 11.4. The Labute approximate surface area is 114 Å². The van der Waals surface area contributed by atoms with Gasteiger partial charge < -0.3 is 5.32 Å². The molecule has 3 atom stereocenters. The fraction of sp³-hybridized carbons (Fsp3) is 0.667. The quantitative estimate of drug-likeness (QED) is 0.906. The largest absolute Gasteiger partial charge is 0.352 e. The molecule has 1 N–H and O–H groups in total. The summed E-state index contributed by atoms with van der Waals surface area (Å²) in [5.41, 5.74) is 0.562. The van der Waals surface area contributed by atoms with Crippen molar-refractivity contribution in [3.8, 4) is 0 Å². The molecule has 0 radical (unpaired) electrons. The molecule has 4 heteroatoms. The number of hydrogen-bond acceptors (Lipinski definition) is 3. The summed E-state index contributed by atoms with van der Waals surface area (Å²) in [5, 5.41) is 3.05. The Balaban J connectivity index is 1.54. The van der Waals surface area contributed by atoms with Gasteiger partial charge in [-0.25, -0.2) is 9.97 Å². The van der Waals surface area contributed by atoms with Gasteiger partial charge in [0.15, 0.2) is 0 Å². The molecule has 19 heavy (non-hydrogen) atoms. The molecule has 0 saturated heterocycles. The molecule has 0 bridgehead atoms. The maximum absolute atomic E-state index is 12.0. The standard InChI is InChI=1S/C15H21N3O/c1-10-16-8-13(9-17-10)15(19)18-7-12-6-5-11-3-2-4-14(11)12/h8-9,11-12,14H,2-7H2,1H3,(H,18,19)/t11-,12+,14-/m0/s1. The average molecular weight is 259 g/mol.